The number of fused-ring (bicyclic) bond motifs is 1. The molecule has 2 N–H and O–H groups in total. The van der Waals surface area contributed by atoms with Crippen molar-refractivity contribution in [2.75, 3.05) is 23.8 Å². The number of benzene rings is 3. The van der Waals surface area contributed by atoms with Crippen molar-refractivity contribution in [2.24, 2.45) is 0 Å². The number of aryl methyl sites for hydroxylation is 1. The van der Waals surface area contributed by atoms with Crippen LogP contribution in [0.3, 0.4) is 0 Å². The van der Waals surface area contributed by atoms with Crippen LogP contribution in [0.25, 0.3) is 17.0 Å². The van der Waals surface area contributed by atoms with E-state index in [-0.39, 0.29) is 36.4 Å². The van der Waals surface area contributed by atoms with Crippen molar-refractivity contribution in [3.8, 4) is 5.75 Å². The molecule has 0 aliphatic carbocycles. The molecular formula is C36H31Cl2N5O4. The van der Waals surface area contributed by atoms with Crippen LogP contribution in [-0.2, 0) is 27.4 Å². The van der Waals surface area contributed by atoms with Gasteiger partial charge in [-0.2, -0.15) is 0 Å². The van der Waals surface area contributed by atoms with Gasteiger partial charge in [-0.1, -0.05) is 59.6 Å². The molecule has 9 nitrogen and oxygen atoms in total. The number of likely N-dealkylation sites (N-methyl/N-ethyl adjacent to an activating group) is 1. The monoisotopic (exact) mass is 667 g/mol. The molecule has 238 valence electrons. The van der Waals surface area contributed by atoms with Crippen LogP contribution in [0.15, 0.2) is 97.3 Å². The maximum Gasteiger partial charge on any atom is 0.246 e. The number of carbonyl (C=O) groups excluding carboxylic acids is 3. The molecule has 3 aromatic carbocycles. The minimum absolute atomic E-state index is 0.0581. The predicted molar refractivity (Wildman–Crippen MR) is 186 cm³/mol. The number of carbonyl (C=O) groups is 3. The van der Waals surface area contributed by atoms with Gasteiger partial charge < -0.3 is 20.3 Å². The molecule has 0 bridgehead atoms. The quantitative estimate of drug-likeness (QED) is 0.150. The summed E-state index contributed by atoms with van der Waals surface area (Å²) >= 11 is 13.2. The highest BCUT2D eigenvalue weighted by Crippen LogP contribution is 2.35. The highest BCUT2D eigenvalue weighted by molar-refractivity contribution is 6.38. The fourth-order valence-electron chi connectivity index (χ4n) is 4.68. The van der Waals surface area contributed by atoms with Gasteiger partial charge in [-0.15, -0.1) is 0 Å². The first kappa shape index (κ1) is 33.1. The van der Waals surface area contributed by atoms with Gasteiger partial charge in [0.25, 0.3) is 0 Å². The molecule has 5 rings (SSSR count). The number of anilines is 2. The van der Waals surface area contributed by atoms with Crippen LogP contribution < -0.4 is 20.3 Å². The molecule has 2 aromatic heterocycles. The van der Waals surface area contributed by atoms with Gasteiger partial charge in [0.1, 0.15) is 17.9 Å². The number of amides is 3. The van der Waals surface area contributed by atoms with Crippen LogP contribution in [-0.4, -0.2) is 41.3 Å². The van der Waals surface area contributed by atoms with Crippen molar-refractivity contribution in [1.82, 2.24) is 15.3 Å². The summed E-state index contributed by atoms with van der Waals surface area (Å²) in [5.41, 5.74) is 4.72. The van der Waals surface area contributed by atoms with E-state index >= 15 is 0 Å². The lowest BCUT2D eigenvalue weighted by atomic mass is 10.1. The Morgan fingerprint density at radius 1 is 0.957 bits per heavy atom. The summed E-state index contributed by atoms with van der Waals surface area (Å²) < 4.78 is 6.08. The molecular weight excluding hydrogens is 637 g/mol. The molecule has 5 aromatic rings. The number of para-hydroxylation sites is 1. The highest BCUT2D eigenvalue weighted by Gasteiger charge is 2.19. The number of pyridine rings is 2. The number of hydrogen-bond donors (Lipinski definition) is 2. The first-order valence-corrected chi connectivity index (χ1v) is 15.4. The molecule has 0 saturated carbocycles. The Hall–Kier alpha value is -5.25. The van der Waals surface area contributed by atoms with E-state index in [1.165, 1.54) is 11.0 Å². The number of nitrogens with one attached hydrogen (secondary N) is 2. The van der Waals surface area contributed by atoms with Crippen molar-refractivity contribution in [2.45, 2.75) is 20.0 Å². The fraction of sp³-hybridized carbons (Fsp3) is 0.139. The van der Waals surface area contributed by atoms with Gasteiger partial charge in [0.2, 0.25) is 17.7 Å². The van der Waals surface area contributed by atoms with E-state index in [0.717, 1.165) is 27.7 Å². The Morgan fingerprint density at radius 3 is 2.53 bits per heavy atom. The number of hydrogen-bond acceptors (Lipinski definition) is 6. The van der Waals surface area contributed by atoms with Crippen molar-refractivity contribution < 1.29 is 19.1 Å². The second-order valence-corrected chi connectivity index (χ2v) is 11.4. The SMILES string of the molecule is Cc1ccc2cccc(OCc3c(Cl)ccc(N(C)C(=O)CNC(=O)/C=C/c4ccc(NC(=O)Cc5cccnc5)cc4)c3Cl)c2n1. The Morgan fingerprint density at radius 2 is 1.77 bits per heavy atom. The zero-order valence-corrected chi connectivity index (χ0v) is 27.2. The van der Waals surface area contributed by atoms with Gasteiger partial charge >= 0.3 is 0 Å². The predicted octanol–water partition coefficient (Wildman–Crippen LogP) is 6.80. The number of rotatable bonds is 11. The van der Waals surface area contributed by atoms with E-state index in [4.69, 9.17) is 27.9 Å². The summed E-state index contributed by atoms with van der Waals surface area (Å²) in [6, 6.07) is 23.5. The maximum absolute atomic E-state index is 13.0. The van der Waals surface area contributed by atoms with Crippen LogP contribution in [0, 0.1) is 6.92 Å². The topological polar surface area (TPSA) is 114 Å². The minimum atomic E-state index is -0.448. The van der Waals surface area contributed by atoms with Gasteiger partial charge in [-0.05, 0) is 66.6 Å². The van der Waals surface area contributed by atoms with Crippen molar-refractivity contribution in [1.29, 1.82) is 0 Å². The highest BCUT2D eigenvalue weighted by atomic mass is 35.5. The van der Waals surface area contributed by atoms with Crippen LogP contribution in [0.1, 0.15) is 22.4 Å². The molecule has 0 aliphatic heterocycles. The Labute approximate surface area is 282 Å². The first-order valence-electron chi connectivity index (χ1n) is 14.7. The summed E-state index contributed by atoms with van der Waals surface area (Å²) in [6.45, 7) is 1.71. The Bertz CT molecular complexity index is 1950. The number of aromatic nitrogens is 2. The standard InChI is InChI=1S/C36H31Cl2N5O4/c1-23-8-12-26-6-3-7-31(36(26)41-23)47-22-28-29(37)15-16-30(35(28)38)43(2)34(46)21-40-32(44)17-11-24-9-13-27(14-10-24)42-33(45)19-25-5-4-18-39-20-25/h3-18,20H,19,21-22H2,1-2H3,(H,40,44)(H,42,45)/b17-11+. The van der Waals surface area contributed by atoms with E-state index < -0.39 is 5.91 Å². The molecule has 0 spiro atoms. The normalized spacial score (nSPS) is 11.0. The lowest BCUT2D eigenvalue weighted by Gasteiger charge is -2.21. The van der Waals surface area contributed by atoms with Crippen LogP contribution in [0.2, 0.25) is 10.0 Å². The number of nitrogens with zero attached hydrogens (tertiary/aromatic N) is 3. The second kappa shape index (κ2) is 15.4. The molecule has 0 aliphatic rings. The third-order valence-electron chi connectivity index (χ3n) is 7.22. The van der Waals surface area contributed by atoms with E-state index in [0.29, 0.717) is 27.7 Å². The van der Waals surface area contributed by atoms with Crippen LogP contribution in [0.5, 0.6) is 5.75 Å². The van der Waals surface area contributed by atoms with E-state index in [1.807, 2.05) is 43.3 Å². The average molecular weight is 669 g/mol. The maximum atomic E-state index is 13.0. The van der Waals surface area contributed by atoms with E-state index in [9.17, 15) is 14.4 Å². The Balaban J connectivity index is 1.14. The lowest BCUT2D eigenvalue weighted by molar-refractivity contribution is -0.122. The average Bonchev–Trinajstić information content (AvgIpc) is 3.07. The van der Waals surface area contributed by atoms with Gasteiger partial charge in [0, 0.05) is 52.9 Å². The summed E-state index contributed by atoms with van der Waals surface area (Å²) in [4.78, 5) is 47.7. The molecule has 11 heteroatoms. The smallest absolute Gasteiger partial charge is 0.246 e. The van der Waals surface area contributed by atoms with Crippen molar-refractivity contribution in [3.05, 3.63) is 130 Å². The molecule has 0 fully saturated rings. The van der Waals surface area contributed by atoms with E-state index in [1.54, 1.807) is 68.0 Å². The zero-order valence-electron chi connectivity index (χ0n) is 25.7. The third-order valence-corrected chi connectivity index (χ3v) is 7.99. The van der Waals surface area contributed by atoms with Crippen LogP contribution in [0.4, 0.5) is 11.4 Å². The molecule has 3 amide bonds. The first-order chi connectivity index (χ1) is 22.7. The van der Waals surface area contributed by atoms with Crippen molar-refractivity contribution in [3.63, 3.8) is 0 Å². The molecule has 0 radical (unpaired) electrons. The summed E-state index contributed by atoms with van der Waals surface area (Å²) in [5.74, 6) is -0.407. The number of ether oxygens (including phenoxy) is 1. The third kappa shape index (κ3) is 8.72. The molecule has 0 unspecified atom stereocenters. The van der Waals surface area contributed by atoms with Gasteiger partial charge in [-0.3, -0.25) is 19.4 Å². The second-order valence-electron chi connectivity index (χ2n) is 10.6. The number of halogens is 2. The van der Waals surface area contributed by atoms with Crippen molar-refractivity contribution >= 4 is 69.3 Å². The molecule has 0 saturated heterocycles. The minimum Gasteiger partial charge on any atom is -0.487 e. The lowest BCUT2D eigenvalue weighted by Crippen LogP contribution is -2.37. The molecule has 2 heterocycles. The Kier molecular flexibility index (Phi) is 10.8. The van der Waals surface area contributed by atoms with Gasteiger partial charge in [0.15, 0.2) is 0 Å². The largest absolute Gasteiger partial charge is 0.487 e. The summed E-state index contributed by atoms with van der Waals surface area (Å²) in [7, 11) is 1.57. The summed E-state index contributed by atoms with van der Waals surface area (Å²) in [6.07, 6.45) is 6.46. The molecule has 47 heavy (non-hydrogen) atoms. The summed E-state index contributed by atoms with van der Waals surface area (Å²) in [5, 5.41) is 7.03. The fourth-order valence-corrected chi connectivity index (χ4v) is 5.28. The molecule has 0 atom stereocenters. The van der Waals surface area contributed by atoms with Gasteiger partial charge in [-0.25, -0.2) is 4.98 Å². The van der Waals surface area contributed by atoms with Gasteiger partial charge in [0.05, 0.1) is 23.7 Å². The van der Waals surface area contributed by atoms with Crippen LogP contribution >= 0.6 is 23.2 Å². The van der Waals surface area contributed by atoms with E-state index in [2.05, 4.69) is 20.6 Å². The zero-order chi connectivity index (χ0) is 33.3.